The second-order valence-corrected chi connectivity index (χ2v) is 7.78. The zero-order valence-corrected chi connectivity index (χ0v) is 16.0. The lowest BCUT2D eigenvalue weighted by atomic mass is 9.98. The number of hydrogen-bond acceptors (Lipinski definition) is 6. The van der Waals surface area contributed by atoms with Gasteiger partial charge in [0.2, 0.25) is 5.78 Å². The molecule has 1 heterocycles. The number of thiazole rings is 1. The Hall–Kier alpha value is -2.70. The molecule has 1 aliphatic rings. The van der Waals surface area contributed by atoms with E-state index in [0.717, 1.165) is 22.9 Å². The van der Waals surface area contributed by atoms with Gasteiger partial charge in [-0.1, -0.05) is 42.5 Å². The first-order valence-corrected chi connectivity index (χ1v) is 9.61. The number of fused-ring (bicyclic) bond motifs is 2. The van der Waals surface area contributed by atoms with E-state index in [9.17, 15) is 9.59 Å². The standard InChI is InChI=1S/C21H19N3O2S/c1-24(2)11-10-22-16-12-17(25)18-20(19(16)26)27-21(23-18)15-9-5-7-13-6-3-4-8-14(13)15/h3-9H,10-12H2,1-2H3. The van der Waals surface area contributed by atoms with Gasteiger partial charge in [0.15, 0.2) is 5.78 Å². The summed E-state index contributed by atoms with van der Waals surface area (Å²) in [5.41, 5.74) is 1.58. The highest BCUT2D eigenvalue weighted by molar-refractivity contribution is 7.18. The van der Waals surface area contributed by atoms with Crippen LogP contribution < -0.4 is 0 Å². The van der Waals surface area contributed by atoms with Crippen molar-refractivity contribution in [2.24, 2.45) is 4.99 Å². The highest BCUT2D eigenvalue weighted by Gasteiger charge is 2.33. The highest BCUT2D eigenvalue weighted by atomic mass is 32.1. The first-order chi connectivity index (χ1) is 13.0. The fourth-order valence-electron chi connectivity index (χ4n) is 3.15. The summed E-state index contributed by atoms with van der Waals surface area (Å²) in [5, 5.41) is 2.87. The first-order valence-electron chi connectivity index (χ1n) is 8.79. The van der Waals surface area contributed by atoms with Gasteiger partial charge in [0.05, 0.1) is 18.7 Å². The van der Waals surface area contributed by atoms with Crippen LogP contribution >= 0.6 is 11.3 Å². The van der Waals surface area contributed by atoms with E-state index in [0.29, 0.717) is 27.8 Å². The van der Waals surface area contributed by atoms with E-state index in [4.69, 9.17) is 0 Å². The summed E-state index contributed by atoms with van der Waals surface area (Å²) in [6.07, 6.45) is 0.0397. The van der Waals surface area contributed by atoms with Crippen molar-refractivity contribution in [2.45, 2.75) is 6.42 Å². The average molecular weight is 377 g/mol. The van der Waals surface area contributed by atoms with Crippen molar-refractivity contribution in [3.8, 4) is 10.6 Å². The maximum atomic E-state index is 12.8. The monoisotopic (exact) mass is 377 g/mol. The number of carbonyl (C=O) groups is 2. The molecule has 2 aromatic carbocycles. The zero-order valence-electron chi connectivity index (χ0n) is 15.2. The maximum absolute atomic E-state index is 12.8. The van der Waals surface area contributed by atoms with Crippen LogP contribution in [-0.2, 0) is 0 Å². The van der Waals surface area contributed by atoms with Crippen LogP contribution in [0.25, 0.3) is 21.3 Å². The van der Waals surface area contributed by atoms with E-state index in [1.54, 1.807) is 0 Å². The Morgan fingerprint density at radius 3 is 2.70 bits per heavy atom. The van der Waals surface area contributed by atoms with Crippen molar-refractivity contribution in [1.82, 2.24) is 9.88 Å². The second kappa shape index (κ2) is 7.13. The summed E-state index contributed by atoms with van der Waals surface area (Å²) >= 11 is 1.29. The third kappa shape index (κ3) is 3.34. The minimum Gasteiger partial charge on any atom is -0.308 e. The van der Waals surface area contributed by atoms with Crippen LogP contribution in [-0.4, -0.2) is 54.3 Å². The van der Waals surface area contributed by atoms with E-state index in [1.165, 1.54) is 11.3 Å². The molecule has 5 nitrogen and oxygen atoms in total. The van der Waals surface area contributed by atoms with E-state index >= 15 is 0 Å². The molecule has 0 aliphatic heterocycles. The number of nitrogens with zero attached hydrogens (tertiary/aromatic N) is 3. The maximum Gasteiger partial charge on any atom is 0.219 e. The van der Waals surface area contributed by atoms with Crippen LogP contribution in [0.2, 0.25) is 0 Å². The van der Waals surface area contributed by atoms with E-state index in [1.807, 2.05) is 61.5 Å². The SMILES string of the molecule is CN(C)CCN=C1CC(=O)c2nc(-c3cccc4ccccc34)sc2C1=O. The summed E-state index contributed by atoms with van der Waals surface area (Å²) in [4.78, 5) is 36.7. The second-order valence-electron chi connectivity index (χ2n) is 6.78. The molecular formula is C21H19N3O2S. The number of likely N-dealkylation sites (N-methyl/N-ethyl adjacent to an activating group) is 1. The van der Waals surface area contributed by atoms with Crippen LogP contribution in [0.3, 0.4) is 0 Å². The number of aliphatic imine (C=N–C) groups is 1. The molecule has 1 aliphatic carbocycles. The Balaban J connectivity index is 1.74. The molecule has 3 aromatic rings. The molecule has 1 aromatic heterocycles. The molecule has 0 unspecified atom stereocenters. The van der Waals surface area contributed by atoms with Crippen LogP contribution in [0.1, 0.15) is 26.6 Å². The number of Topliss-reactive ketones (excluding diaryl/α,β-unsaturated/α-hetero) is 2. The fourth-order valence-corrected chi connectivity index (χ4v) is 4.23. The summed E-state index contributed by atoms with van der Waals surface area (Å²) in [7, 11) is 3.90. The molecule has 4 rings (SSSR count). The number of hydrogen-bond donors (Lipinski definition) is 0. The summed E-state index contributed by atoms with van der Waals surface area (Å²) < 4.78 is 0. The van der Waals surface area contributed by atoms with Gasteiger partial charge >= 0.3 is 0 Å². The lowest BCUT2D eigenvalue weighted by Crippen LogP contribution is -2.27. The number of carbonyl (C=O) groups excluding carboxylic acids is 2. The quantitative estimate of drug-likeness (QED) is 0.695. The third-order valence-electron chi connectivity index (χ3n) is 4.56. The molecule has 0 spiro atoms. The largest absolute Gasteiger partial charge is 0.308 e. The number of benzene rings is 2. The van der Waals surface area contributed by atoms with Crippen molar-refractivity contribution in [3.05, 3.63) is 53.0 Å². The molecule has 0 N–H and O–H groups in total. The van der Waals surface area contributed by atoms with Crippen molar-refractivity contribution >= 4 is 39.4 Å². The molecule has 27 heavy (non-hydrogen) atoms. The summed E-state index contributed by atoms with van der Waals surface area (Å²) in [6, 6.07) is 14.0. The third-order valence-corrected chi connectivity index (χ3v) is 5.64. The van der Waals surface area contributed by atoms with Gasteiger partial charge < -0.3 is 4.90 Å². The molecule has 0 bridgehead atoms. The van der Waals surface area contributed by atoms with Gasteiger partial charge in [-0.15, -0.1) is 11.3 Å². The first kappa shape index (κ1) is 17.7. The molecular weight excluding hydrogens is 358 g/mol. The molecule has 136 valence electrons. The van der Waals surface area contributed by atoms with Crippen LogP contribution in [0.5, 0.6) is 0 Å². The topological polar surface area (TPSA) is 62.6 Å². The molecule has 0 fully saturated rings. The number of ketones is 2. The summed E-state index contributed by atoms with van der Waals surface area (Å²) in [6.45, 7) is 1.24. The van der Waals surface area contributed by atoms with Crippen molar-refractivity contribution < 1.29 is 9.59 Å². The Kier molecular flexibility index (Phi) is 4.68. The van der Waals surface area contributed by atoms with E-state index in [2.05, 4.69) is 9.98 Å². The smallest absolute Gasteiger partial charge is 0.219 e. The van der Waals surface area contributed by atoms with Crippen molar-refractivity contribution in [3.63, 3.8) is 0 Å². The van der Waals surface area contributed by atoms with Gasteiger partial charge in [0, 0.05) is 12.1 Å². The minimum absolute atomic E-state index is 0.0397. The zero-order chi connectivity index (χ0) is 19.0. The number of aromatic nitrogens is 1. The highest BCUT2D eigenvalue weighted by Crippen LogP contribution is 2.35. The van der Waals surface area contributed by atoms with Crippen LogP contribution in [0.4, 0.5) is 0 Å². The number of rotatable bonds is 4. The van der Waals surface area contributed by atoms with Gasteiger partial charge in [0.25, 0.3) is 0 Å². The van der Waals surface area contributed by atoms with Gasteiger partial charge in [-0.3, -0.25) is 14.6 Å². The van der Waals surface area contributed by atoms with Gasteiger partial charge in [-0.25, -0.2) is 4.98 Å². The molecule has 0 saturated carbocycles. The van der Waals surface area contributed by atoms with Gasteiger partial charge in [-0.2, -0.15) is 0 Å². The molecule has 0 saturated heterocycles. The van der Waals surface area contributed by atoms with E-state index < -0.39 is 0 Å². The molecule has 0 atom stereocenters. The fraction of sp³-hybridized carbons (Fsp3) is 0.238. The Morgan fingerprint density at radius 2 is 1.89 bits per heavy atom. The van der Waals surface area contributed by atoms with Crippen molar-refractivity contribution in [2.75, 3.05) is 27.2 Å². The molecule has 0 amide bonds. The summed E-state index contributed by atoms with van der Waals surface area (Å²) in [5.74, 6) is -0.289. The Labute approximate surface area is 161 Å². The Morgan fingerprint density at radius 1 is 1.11 bits per heavy atom. The predicted octanol–water partition coefficient (Wildman–Crippen LogP) is 3.74. The van der Waals surface area contributed by atoms with Crippen molar-refractivity contribution in [1.29, 1.82) is 0 Å². The molecule has 0 radical (unpaired) electrons. The molecule has 6 heteroatoms. The lowest BCUT2D eigenvalue weighted by molar-refractivity contribution is 0.0963. The van der Waals surface area contributed by atoms with Gasteiger partial charge in [-0.05, 0) is 24.9 Å². The average Bonchev–Trinajstić information content (AvgIpc) is 3.11. The Bertz CT molecular complexity index is 1080. The normalized spacial score (nSPS) is 15.7. The minimum atomic E-state index is -0.160. The van der Waals surface area contributed by atoms with E-state index in [-0.39, 0.29) is 18.0 Å². The van der Waals surface area contributed by atoms with Crippen LogP contribution in [0, 0.1) is 0 Å². The predicted molar refractivity (Wildman–Crippen MR) is 109 cm³/mol. The van der Waals surface area contributed by atoms with Gasteiger partial charge in [0.1, 0.15) is 15.6 Å². The van der Waals surface area contributed by atoms with Crippen LogP contribution in [0.15, 0.2) is 47.5 Å². The lowest BCUT2D eigenvalue weighted by Gasteiger charge is -2.11.